The molecular formula is C22H26N4O3S2. The van der Waals surface area contributed by atoms with E-state index < -0.39 is 5.60 Å². The summed E-state index contributed by atoms with van der Waals surface area (Å²) in [5.41, 5.74) is 2.45. The molecule has 0 radical (unpaired) electrons. The number of thiazole rings is 1. The van der Waals surface area contributed by atoms with Crippen LogP contribution in [0.15, 0.2) is 18.5 Å². The summed E-state index contributed by atoms with van der Waals surface area (Å²) >= 11 is 3.13. The predicted molar refractivity (Wildman–Crippen MR) is 125 cm³/mol. The van der Waals surface area contributed by atoms with E-state index in [1.165, 1.54) is 11.3 Å². The van der Waals surface area contributed by atoms with Gasteiger partial charge in [0.15, 0.2) is 0 Å². The van der Waals surface area contributed by atoms with Gasteiger partial charge in [-0.3, -0.25) is 9.78 Å². The first kappa shape index (κ1) is 21.7. The van der Waals surface area contributed by atoms with Crippen molar-refractivity contribution in [2.45, 2.75) is 59.1 Å². The Morgan fingerprint density at radius 2 is 2.10 bits per heavy atom. The molecule has 31 heavy (non-hydrogen) atoms. The second-order valence-electron chi connectivity index (χ2n) is 8.52. The zero-order valence-electron chi connectivity index (χ0n) is 18.2. The van der Waals surface area contributed by atoms with Gasteiger partial charge in [0.25, 0.3) is 0 Å². The van der Waals surface area contributed by atoms with Gasteiger partial charge in [0, 0.05) is 29.6 Å². The van der Waals surface area contributed by atoms with Crippen LogP contribution in [-0.4, -0.2) is 39.0 Å². The third-order valence-corrected chi connectivity index (χ3v) is 7.03. The van der Waals surface area contributed by atoms with E-state index in [1.54, 1.807) is 28.6 Å². The van der Waals surface area contributed by atoms with Crippen molar-refractivity contribution < 1.29 is 14.3 Å². The number of rotatable bonds is 4. The van der Waals surface area contributed by atoms with Crippen LogP contribution in [0.4, 0.5) is 9.80 Å². The average molecular weight is 459 g/mol. The van der Waals surface area contributed by atoms with Gasteiger partial charge in [-0.25, -0.2) is 9.78 Å². The summed E-state index contributed by atoms with van der Waals surface area (Å²) in [7, 11) is 0. The number of fused-ring (bicyclic) bond motifs is 2. The number of nitrogens with zero attached hydrogens (tertiary/aromatic N) is 3. The smallest absolute Gasteiger partial charge is 0.410 e. The van der Waals surface area contributed by atoms with Gasteiger partial charge in [0.2, 0.25) is 5.91 Å². The van der Waals surface area contributed by atoms with E-state index in [4.69, 9.17) is 9.72 Å². The molecule has 4 heterocycles. The summed E-state index contributed by atoms with van der Waals surface area (Å²) in [6, 6.07) is 1.95. The lowest BCUT2D eigenvalue weighted by atomic mass is 10.0. The van der Waals surface area contributed by atoms with E-state index in [9.17, 15) is 9.59 Å². The number of hydrogen-bond donors (Lipinski definition) is 1. The number of ether oxygens (including phenoxy) is 1. The maximum atomic E-state index is 12.6. The number of aromatic nitrogens is 2. The fraction of sp³-hybridized carbons (Fsp3) is 0.455. The van der Waals surface area contributed by atoms with Crippen LogP contribution in [0.2, 0.25) is 0 Å². The molecule has 0 saturated carbocycles. The number of pyridine rings is 1. The number of carbonyl (C=O) groups excluding carboxylic acids is 2. The number of nitrogens with one attached hydrogen (secondary N) is 1. The first-order valence-corrected chi connectivity index (χ1v) is 12.0. The van der Waals surface area contributed by atoms with Crippen LogP contribution >= 0.6 is 22.7 Å². The van der Waals surface area contributed by atoms with Crippen molar-refractivity contribution in [1.29, 1.82) is 0 Å². The standard InChI is InChI=1S/C22H26N4O3S2/c1-5-6-17(27)25-20-18(19-24-14-11-23-9-7-15(14)30-19)13-8-10-26(12-16(13)31-20)21(28)29-22(2,3)4/h7,9,11H,5-6,8,10,12H2,1-4H3,(H,25,27). The van der Waals surface area contributed by atoms with E-state index in [-0.39, 0.29) is 12.0 Å². The zero-order chi connectivity index (χ0) is 22.2. The van der Waals surface area contributed by atoms with Crippen molar-refractivity contribution in [3.63, 3.8) is 0 Å². The molecule has 0 atom stereocenters. The second kappa shape index (κ2) is 8.55. The molecule has 164 valence electrons. The van der Waals surface area contributed by atoms with Crippen LogP contribution in [0.5, 0.6) is 0 Å². The summed E-state index contributed by atoms with van der Waals surface area (Å²) in [6.45, 7) is 8.63. The summed E-state index contributed by atoms with van der Waals surface area (Å²) < 4.78 is 6.61. The molecule has 4 rings (SSSR count). The summed E-state index contributed by atoms with van der Waals surface area (Å²) in [5, 5.41) is 4.77. The predicted octanol–water partition coefficient (Wildman–Crippen LogP) is 5.45. The fourth-order valence-corrected chi connectivity index (χ4v) is 5.86. The highest BCUT2D eigenvalue weighted by Gasteiger charge is 2.31. The molecule has 7 nitrogen and oxygen atoms in total. The lowest BCUT2D eigenvalue weighted by Gasteiger charge is -2.30. The molecule has 0 aromatic carbocycles. The normalized spacial score (nSPS) is 13.9. The maximum Gasteiger partial charge on any atom is 0.410 e. The Labute approximate surface area is 189 Å². The van der Waals surface area contributed by atoms with E-state index >= 15 is 0 Å². The van der Waals surface area contributed by atoms with Gasteiger partial charge >= 0.3 is 6.09 Å². The van der Waals surface area contributed by atoms with Gasteiger partial charge in [0.05, 0.1) is 17.4 Å². The summed E-state index contributed by atoms with van der Waals surface area (Å²) in [6.07, 6.45) is 5.15. The monoisotopic (exact) mass is 458 g/mol. The van der Waals surface area contributed by atoms with Gasteiger partial charge < -0.3 is 15.0 Å². The van der Waals surface area contributed by atoms with E-state index in [0.717, 1.165) is 42.7 Å². The molecule has 0 aliphatic carbocycles. The third kappa shape index (κ3) is 4.72. The largest absolute Gasteiger partial charge is 0.444 e. The molecule has 9 heteroatoms. The number of hydrogen-bond acceptors (Lipinski definition) is 7. The fourth-order valence-electron chi connectivity index (χ4n) is 3.50. The Kier molecular flexibility index (Phi) is 5.98. The van der Waals surface area contributed by atoms with Crippen LogP contribution in [0.3, 0.4) is 0 Å². The van der Waals surface area contributed by atoms with Crippen LogP contribution in [0, 0.1) is 0 Å². The molecule has 0 spiro atoms. The number of anilines is 1. The Morgan fingerprint density at radius 3 is 2.81 bits per heavy atom. The van der Waals surface area contributed by atoms with Gasteiger partial charge in [-0.1, -0.05) is 6.92 Å². The highest BCUT2D eigenvalue weighted by molar-refractivity contribution is 7.22. The molecule has 1 N–H and O–H groups in total. The molecule has 0 unspecified atom stereocenters. The molecule has 2 amide bonds. The van der Waals surface area contributed by atoms with Crippen molar-refractivity contribution >= 4 is 49.9 Å². The number of amides is 2. The van der Waals surface area contributed by atoms with E-state index in [1.807, 2.05) is 33.8 Å². The highest BCUT2D eigenvalue weighted by Crippen LogP contribution is 2.45. The Hall–Kier alpha value is -2.52. The molecule has 1 aliphatic heterocycles. The first-order chi connectivity index (χ1) is 14.7. The lowest BCUT2D eigenvalue weighted by Crippen LogP contribution is -2.39. The van der Waals surface area contributed by atoms with E-state index in [2.05, 4.69) is 10.3 Å². The molecule has 1 aliphatic rings. The maximum absolute atomic E-state index is 12.6. The quantitative estimate of drug-likeness (QED) is 0.562. The van der Waals surface area contributed by atoms with Crippen LogP contribution < -0.4 is 5.32 Å². The molecule has 3 aromatic rings. The molecule has 3 aromatic heterocycles. The number of thiophene rings is 1. The van der Waals surface area contributed by atoms with Gasteiger partial charge in [-0.2, -0.15) is 0 Å². The molecule has 0 bridgehead atoms. The SMILES string of the molecule is CCCC(=O)Nc1sc2c(c1-c1nc3cnccc3s1)CCN(C(=O)OC(C)(C)C)C2. The van der Waals surface area contributed by atoms with Crippen molar-refractivity contribution in [3.05, 3.63) is 28.9 Å². The Morgan fingerprint density at radius 1 is 1.29 bits per heavy atom. The average Bonchev–Trinajstić information content (AvgIpc) is 3.26. The van der Waals surface area contributed by atoms with Gasteiger partial charge in [0.1, 0.15) is 21.1 Å². The first-order valence-electron chi connectivity index (χ1n) is 10.4. The van der Waals surface area contributed by atoms with Crippen molar-refractivity contribution in [2.75, 3.05) is 11.9 Å². The number of carbonyl (C=O) groups is 2. The Bertz CT molecular complexity index is 1100. The van der Waals surface area contributed by atoms with Gasteiger partial charge in [-0.15, -0.1) is 22.7 Å². The molecular weight excluding hydrogens is 432 g/mol. The van der Waals surface area contributed by atoms with Crippen molar-refractivity contribution in [1.82, 2.24) is 14.9 Å². The summed E-state index contributed by atoms with van der Waals surface area (Å²) in [5.74, 6) is -0.00544. The molecule has 0 fully saturated rings. The second-order valence-corrected chi connectivity index (χ2v) is 10.7. The minimum Gasteiger partial charge on any atom is -0.444 e. The van der Waals surface area contributed by atoms with E-state index in [0.29, 0.717) is 25.9 Å². The van der Waals surface area contributed by atoms with Crippen LogP contribution in [-0.2, 0) is 22.5 Å². The van der Waals surface area contributed by atoms with Crippen LogP contribution in [0.1, 0.15) is 51.0 Å². The third-order valence-electron chi connectivity index (χ3n) is 4.84. The topological polar surface area (TPSA) is 84.4 Å². The van der Waals surface area contributed by atoms with Crippen molar-refractivity contribution in [2.24, 2.45) is 0 Å². The summed E-state index contributed by atoms with van der Waals surface area (Å²) in [4.78, 5) is 36.7. The molecule has 0 saturated heterocycles. The minimum absolute atomic E-state index is 0.00544. The minimum atomic E-state index is -0.535. The van der Waals surface area contributed by atoms with Gasteiger partial charge in [-0.05, 0) is 45.2 Å². The zero-order valence-corrected chi connectivity index (χ0v) is 19.8. The lowest BCUT2D eigenvalue weighted by molar-refractivity contribution is -0.116. The highest BCUT2D eigenvalue weighted by atomic mass is 32.1. The van der Waals surface area contributed by atoms with Crippen LogP contribution in [0.25, 0.3) is 20.8 Å². The Balaban J connectivity index is 1.71. The van der Waals surface area contributed by atoms with Crippen molar-refractivity contribution in [3.8, 4) is 10.6 Å².